The molecule has 0 spiro atoms. The van der Waals surface area contributed by atoms with Crippen molar-refractivity contribution in [3.8, 4) is 0 Å². The largest absolute Gasteiger partial charge is 0.481 e. The maximum absolute atomic E-state index is 11.5. The van der Waals surface area contributed by atoms with Gasteiger partial charge < -0.3 is 9.67 Å². The zero-order valence-corrected chi connectivity index (χ0v) is 10.6. The van der Waals surface area contributed by atoms with E-state index < -0.39 is 11.4 Å². The summed E-state index contributed by atoms with van der Waals surface area (Å²) in [5.74, 6) is 0.237. The third-order valence-corrected chi connectivity index (χ3v) is 4.27. The summed E-state index contributed by atoms with van der Waals surface area (Å²) < 4.78 is 2.02. The quantitative estimate of drug-likeness (QED) is 0.882. The van der Waals surface area contributed by atoms with Gasteiger partial charge in [0.25, 0.3) is 0 Å². The summed E-state index contributed by atoms with van der Waals surface area (Å²) in [6.07, 6.45) is 2.46. The molecule has 1 heterocycles. The van der Waals surface area contributed by atoms with Gasteiger partial charge in [0.1, 0.15) is 5.82 Å². The van der Waals surface area contributed by atoms with Crippen LogP contribution in [0.15, 0.2) is 18.2 Å². The molecule has 3 rings (SSSR count). The van der Waals surface area contributed by atoms with Crippen LogP contribution in [0.2, 0.25) is 0 Å². The van der Waals surface area contributed by atoms with Crippen LogP contribution in [0.25, 0.3) is 11.0 Å². The number of aromatic nitrogens is 2. The smallest absolute Gasteiger partial charge is 0.314 e. The molecule has 0 amide bonds. The first-order chi connectivity index (χ1) is 8.54. The summed E-state index contributed by atoms with van der Waals surface area (Å²) in [6.45, 7) is 1.95. The Morgan fingerprint density at radius 3 is 2.72 bits per heavy atom. The normalized spacial score (nSPS) is 17.7. The molecule has 1 aliphatic carbocycles. The zero-order valence-electron chi connectivity index (χ0n) is 10.6. The van der Waals surface area contributed by atoms with E-state index in [-0.39, 0.29) is 0 Å². The van der Waals surface area contributed by atoms with Crippen molar-refractivity contribution in [3.05, 3.63) is 29.6 Å². The molecule has 2 aromatic rings. The van der Waals surface area contributed by atoms with Gasteiger partial charge in [-0.15, -0.1) is 0 Å². The van der Waals surface area contributed by atoms with Crippen molar-refractivity contribution in [2.45, 2.75) is 31.6 Å². The number of aliphatic carboxylic acids is 1. The molecule has 0 atom stereocenters. The Kier molecular flexibility index (Phi) is 2.24. The third kappa shape index (κ3) is 1.32. The number of carboxylic acids is 1. The molecule has 0 saturated heterocycles. The minimum atomic E-state index is -0.708. The average Bonchev–Trinajstić information content (AvgIpc) is 2.52. The van der Waals surface area contributed by atoms with Gasteiger partial charge in [-0.25, -0.2) is 4.98 Å². The van der Waals surface area contributed by atoms with Crippen LogP contribution < -0.4 is 0 Å². The van der Waals surface area contributed by atoms with E-state index in [2.05, 4.69) is 4.98 Å². The van der Waals surface area contributed by atoms with E-state index in [1.165, 1.54) is 0 Å². The van der Waals surface area contributed by atoms with E-state index >= 15 is 0 Å². The van der Waals surface area contributed by atoms with Gasteiger partial charge in [0.2, 0.25) is 0 Å². The standard InChI is InChI=1S/C14H16N2O2/c1-9-15-11-8-10(4-5-12(11)16(9)2)14(13(17)18)6-3-7-14/h4-5,8H,3,6-7H2,1-2H3,(H,17,18). The summed E-state index contributed by atoms with van der Waals surface area (Å²) in [5.41, 5.74) is 2.17. The summed E-state index contributed by atoms with van der Waals surface area (Å²) >= 11 is 0. The molecule has 1 aromatic carbocycles. The van der Waals surface area contributed by atoms with Crippen LogP contribution in [0.1, 0.15) is 30.7 Å². The Balaban J connectivity index is 2.16. The van der Waals surface area contributed by atoms with Gasteiger partial charge in [0.05, 0.1) is 16.4 Å². The lowest BCUT2D eigenvalue weighted by molar-refractivity contribution is -0.147. The lowest BCUT2D eigenvalue weighted by Crippen LogP contribution is -2.42. The monoisotopic (exact) mass is 244 g/mol. The Hall–Kier alpha value is -1.84. The molecule has 1 fully saturated rings. The SMILES string of the molecule is Cc1nc2cc(C3(C(=O)O)CCC3)ccc2n1C. The summed E-state index contributed by atoms with van der Waals surface area (Å²) in [6, 6.07) is 5.86. The van der Waals surface area contributed by atoms with Gasteiger partial charge in [-0.05, 0) is 37.5 Å². The first kappa shape index (κ1) is 11.3. The van der Waals surface area contributed by atoms with Crippen molar-refractivity contribution in [1.82, 2.24) is 9.55 Å². The molecule has 1 aromatic heterocycles. The molecule has 0 unspecified atom stereocenters. The number of carboxylic acid groups (broad SMARTS) is 1. The van der Waals surface area contributed by atoms with Crippen molar-refractivity contribution in [3.63, 3.8) is 0 Å². The van der Waals surface area contributed by atoms with Crippen molar-refractivity contribution >= 4 is 17.0 Å². The third-order valence-electron chi connectivity index (χ3n) is 4.27. The predicted molar refractivity (Wildman–Crippen MR) is 68.6 cm³/mol. The second kappa shape index (κ2) is 3.57. The number of nitrogens with zero attached hydrogens (tertiary/aromatic N) is 2. The maximum atomic E-state index is 11.5. The van der Waals surface area contributed by atoms with E-state index in [0.29, 0.717) is 0 Å². The fourth-order valence-corrected chi connectivity index (χ4v) is 2.77. The van der Waals surface area contributed by atoms with Gasteiger partial charge in [0, 0.05) is 7.05 Å². The van der Waals surface area contributed by atoms with Gasteiger partial charge >= 0.3 is 5.97 Å². The van der Waals surface area contributed by atoms with Gasteiger partial charge in [-0.1, -0.05) is 12.5 Å². The van der Waals surface area contributed by atoms with Crippen molar-refractivity contribution in [2.75, 3.05) is 0 Å². The Morgan fingerprint density at radius 2 is 2.17 bits per heavy atom. The Morgan fingerprint density at radius 1 is 1.44 bits per heavy atom. The highest BCUT2D eigenvalue weighted by Gasteiger charge is 2.46. The van der Waals surface area contributed by atoms with Gasteiger partial charge in [0.15, 0.2) is 0 Å². The lowest BCUT2D eigenvalue weighted by Gasteiger charge is -2.38. The summed E-state index contributed by atoms with van der Waals surface area (Å²) in [7, 11) is 1.97. The van der Waals surface area contributed by atoms with E-state index in [1.54, 1.807) is 0 Å². The number of imidazole rings is 1. The molecular weight excluding hydrogens is 228 g/mol. The van der Waals surface area contributed by atoms with Crippen LogP contribution in [0.3, 0.4) is 0 Å². The van der Waals surface area contributed by atoms with E-state index in [0.717, 1.165) is 41.7 Å². The highest BCUT2D eigenvalue weighted by Crippen LogP contribution is 2.44. The van der Waals surface area contributed by atoms with E-state index in [9.17, 15) is 9.90 Å². The number of carbonyl (C=O) groups is 1. The summed E-state index contributed by atoms with van der Waals surface area (Å²) in [5, 5.41) is 9.44. The highest BCUT2D eigenvalue weighted by molar-refractivity contribution is 5.85. The van der Waals surface area contributed by atoms with Crippen LogP contribution in [-0.4, -0.2) is 20.6 Å². The van der Waals surface area contributed by atoms with Gasteiger partial charge in [-0.2, -0.15) is 0 Å². The van der Waals surface area contributed by atoms with Crippen molar-refractivity contribution in [2.24, 2.45) is 7.05 Å². The minimum Gasteiger partial charge on any atom is -0.481 e. The molecule has 1 aliphatic rings. The lowest BCUT2D eigenvalue weighted by atomic mass is 9.64. The molecule has 0 bridgehead atoms. The number of rotatable bonds is 2. The van der Waals surface area contributed by atoms with Crippen LogP contribution in [0.5, 0.6) is 0 Å². The topological polar surface area (TPSA) is 55.1 Å². The van der Waals surface area contributed by atoms with Crippen molar-refractivity contribution < 1.29 is 9.90 Å². The van der Waals surface area contributed by atoms with Crippen LogP contribution in [0.4, 0.5) is 0 Å². The molecular formula is C14H16N2O2. The predicted octanol–water partition coefficient (Wildman–Crippen LogP) is 2.39. The van der Waals surface area contributed by atoms with E-state index in [4.69, 9.17) is 0 Å². The Bertz CT molecular complexity index is 639. The van der Waals surface area contributed by atoms with Crippen LogP contribution in [0, 0.1) is 6.92 Å². The fourth-order valence-electron chi connectivity index (χ4n) is 2.77. The molecule has 94 valence electrons. The zero-order chi connectivity index (χ0) is 12.9. The molecule has 1 saturated carbocycles. The second-order valence-electron chi connectivity index (χ2n) is 5.16. The number of hydrogen-bond acceptors (Lipinski definition) is 2. The fraction of sp³-hybridized carbons (Fsp3) is 0.429. The van der Waals surface area contributed by atoms with E-state index in [1.807, 2.05) is 36.7 Å². The average molecular weight is 244 g/mol. The van der Waals surface area contributed by atoms with Crippen LogP contribution >= 0.6 is 0 Å². The molecule has 0 radical (unpaired) electrons. The number of aryl methyl sites for hydroxylation is 2. The number of fused-ring (bicyclic) bond motifs is 1. The number of benzene rings is 1. The molecule has 4 heteroatoms. The number of hydrogen-bond donors (Lipinski definition) is 1. The summed E-state index contributed by atoms with van der Waals surface area (Å²) in [4.78, 5) is 16.0. The van der Waals surface area contributed by atoms with Gasteiger partial charge in [-0.3, -0.25) is 4.79 Å². The molecule has 18 heavy (non-hydrogen) atoms. The first-order valence-electron chi connectivity index (χ1n) is 6.21. The molecule has 4 nitrogen and oxygen atoms in total. The Labute approximate surface area is 105 Å². The minimum absolute atomic E-state index is 0.667. The highest BCUT2D eigenvalue weighted by atomic mass is 16.4. The second-order valence-corrected chi connectivity index (χ2v) is 5.16. The van der Waals surface area contributed by atoms with Crippen LogP contribution in [-0.2, 0) is 17.3 Å². The van der Waals surface area contributed by atoms with Crippen molar-refractivity contribution in [1.29, 1.82) is 0 Å². The molecule has 0 aliphatic heterocycles. The maximum Gasteiger partial charge on any atom is 0.314 e. The molecule has 1 N–H and O–H groups in total. The first-order valence-corrected chi connectivity index (χ1v) is 6.21.